The van der Waals surface area contributed by atoms with Crippen molar-refractivity contribution < 1.29 is 35.9 Å². The highest BCUT2D eigenvalue weighted by atomic mass is 19.4. The van der Waals surface area contributed by atoms with Crippen molar-refractivity contribution in [3.8, 4) is 0 Å². The average molecular weight is 518 g/mol. The molecule has 0 fully saturated rings. The molecule has 0 saturated heterocycles. The van der Waals surface area contributed by atoms with Crippen LogP contribution < -0.4 is 11.1 Å². The Bertz CT molecular complexity index is 1410. The summed E-state index contributed by atoms with van der Waals surface area (Å²) in [7, 11) is 0. The Morgan fingerprint density at radius 3 is 1.70 bits per heavy atom. The fraction of sp³-hybridized carbons (Fsp3) is 0.185. The lowest BCUT2D eigenvalue weighted by atomic mass is 9.92. The molecular formula is C27H20F6N2O2. The van der Waals surface area contributed by atoms with Gasteiger partial charge in [-0.3, -0.25) is 9.59 Å². The summed E-state index contributed by atoms with van der Waals surface area (Å²) in [5.74, 6) is -1.84. The molecule has 1 atom stereocenters. The molecule has 0 aliphatic carbocycles. The first-order chi connectivity index (χ1) is 17.3. The Balaban J connectivity index is 1.64. The number of nitrogens with one attached hydrogen (secondary N) is 1. The van der Waals surface area contributed by atoms with Gasteiger partial charge in [-0.15, -0.1) is 0 Å². The van der Waals surface area contributed by atoms with Crippen LogP contribution in [0, 0.1) is 0 Å². The van der Waals surface area contributed by atoms with Gasteiger partial charge in [-0.05, 0) is 56.9 Å². The van der Waals surface area contributed by atoms with E-state index in [2.05, 4.69) is 5.32 Å². The van der Waals surface area contributed by atoms with E-state index in [1.165, 1.54) is 0 Å². The molecule has 0 radical (unpaired) electrons. The van der Waals surface area contributed by atoms with Crippen LogP contribution in [-0.2, 0) is 34.8 Å². The monoisotopic (exact) mass is 518 g/mol. The first-order valence-electron chi connectivity index (χ1n) is 11.1. The number of halogens is 6. The first-order valence-corrected chi connectivity index (χ1v) is 11.1. The molecular weight excluding hydrogens is 498 g/mol. The fourth-order valence-electron chi connectivity index (χ4n) is 4.31. The largest absolute Gasteiger partial charge is 0.416 e. The maximum atomic E-state index is 13.2. The van der Waals surface area contributed by atoms with Crippen LogP contribution >= 0.6 is 0 Å². The molecule has 0 aromatic heterocycles. The lowest BCUT2D eigenvalue weighted by Gasteiger charge is -2.19. The van der Waals surface area contributed by atoms with E-state index in [4.69, 9.17) is 5.73 Å². The Labute approximate surface area is 207 Å². The van der Waals surface area contributed by atoms with E-state index in [-0.39, 0.29) is 12.5 Å². The second-order valence-corrected chi connectivity index (χ2v) is 8.61. The second kappa shape index (κ2) is 9.76. The van der Waals surface area contributed by atoms with Gasteiger partial charge in [0.1, 0.15) is 6.04 Å². The van der Waals surface area contributed by atoms with Gasteiger partial charge in [0.25, 0.3) is 0 Å². The zero-order valence-corrected chi connectivity index (χ0v) is 19.1. The summed E-state index contributed by atoms with van der Waals surface area (Å²) in [6.07, 6.45) is -10.9. The molecule has 0 heterocycles. The van der Waals surface area contributed by atoms with Crippen LogP contribution in [0.5, 0.6) is 0 Å². The van der Waals surface area contributed by atoms with Crippen LogP contribution in [-0.4, -0.2) is 17.9 Å². The Morgan fingerprint density at radius 1 is 0.757 bits per heavy atom. The van der Waals surface area contributed by atoms with Gasteiger partial charge >= 0.3 is 12.4 Å². The Kier molecular flexibility index (Phi) is 6.86. The first kappa shape index (κ1) is 26.0. The van der Waals surface area contributed by atoms with E-state index in [0.717, 1.165) is 27.1 Å². The third kappa shape index (κ3) is 5.84. The molecule has 0 aliphatic rings. The number of nitrogens with two attached hydrogens (primary N) is 1. The SMILES string of the molecule is NC(=O)[C@@H](Cc1c2ccccc2cc2ccccc12)NC(=O)Cc1cc(C(F)(F)F)cc(C(F)(F)F)c1. The zero-order valence-electron chi connectivity index (χ0n) is 19.1. The van der Waals surface area contributed by atoms with E-state index < -0.39 is 53.3 Å². The molecule has 2 amide bonds. The third-order valence-corrected chi connectivity index (χ3v) is 5.98. The molecule has 4 rings (SSSR count). The molecule has 3 N–H and O–H groups in total. The van der Waals surface area contributed by atoms with Crippen LogP contribution in [0.15, 0.2) is 72.8 Å². The minimum absolute atomic E-state index is 0.0146. The molecule has 0 saturated carbocycles. The van der Waals surface area contributed by atoms with Gasteiger partial charge in [-0.1, -0.05) is 48.5 Å². The third-order valence-electron chi connectivity index (χ3n) is 5.98. The van der Waals surface area contributed by atoms with Crippen molar-refractivity contribution in [3.05, 3.63) is 95.1 Å². The van der Waals surface area contributed by atoms with Gasteiger partial charge in [0, 0.05) is 6.42 Å². The molecule has 0 bridgehead atoms. The van der Waals surface area contributed by atoms with Crippen molar-refractivity contribution >= 4 is 33.4 Å². The number of carbonyl (C=O) groups excluding carboxylic acids is 2. The summed E-state index contributed by atoms with van der Waals surface area (Å²) in [4.78, 5) is 24.9. The standard InChI is InChI=1S/C27H20F6N2O2/c28-26(29,30)18-9-15(10-19(13-18)27(31,32)33)11-24(36)35-23(25(34)37)14-22-20-7-3-1-5-16(20)12-17-6-2-4-8-21(17)22/h1-10,12-13,23H,11,14H2,(H2,34,37)(H,35,36)/t23-/m1/s1. The molecule has 4 nitrogen and oxygen atoms in total. The molecule has 4 aromatic rings. The Morgan fingerprint density at radius 2 is 1.24 bits per heavy atom. The minimum Gasteiger partial charge on any atom is -0.368 e. The molecule has 0 spiro atoms. The van der Waals surface area contributed by atoms with Crippen molar-refractivity contribution in [2.24, 2.45) is 5.73 Å². The normalized spacial score (nSPS) is 13.0. The highest BCUT2D eigenvalue weighted by Crippen LogP contribution is 2.36. The number of rotatable bonds is 6. The van der Waals surface area contributed by atoms with Gasteiger partial charge in [0.15, 0.2) is 0 Å². The average Bonchev–Trinajstić information content (AvgIpc) is 2.81. The summed E-state index contributed by atoms with van der Waals surface area (Å²) in [6.45, 7) is 0. The van der Waals surface area contributed by atoms with Crippen LogP contribution in [0.4, 0.5) is 26.3 Å². The molecule has 4 aromatic carbocycles. The van der Waals surface area contributed by atoms with Crippen molar-refractivity contribution in [1.29, 1.82) is 0 Å². The number of alkyl halides is 6. The van der Waals surface area contributed by atoms with Crippen LogP contribution in [0.3, 0.4) is 0 Å². The highest BCUT2D eigenvalue weighted by Gasteiger charge is 2.37. The number of benzene rings is 4. The minimum atomic E-state index is -5.04. The fourth-order valence-corrected chi connectivity index (χ4v) is 4.31. The van der Waals surface area contributed by atoms with Crippen molar-refractivity contribution in [1.82, 2.24) is 5.32 Å². The Hall–Kier alpha value is -4.08. The molecule has 10 heteroatoms. The van der Waals surface area contributed by atoms with Gasteiger partial charge in [-0.2, -0.15) is 26.3 Å². The molecule has 0 aliphatic heterocycles. The van der Waals surface area contributed by atoms with E-state index in [9.17, 15) is 35.9 Å². The number of amides is 2. The quantitative estimate of drug-likeness (QED) is 0.251. The maximum absolute atomic E-state index is 13.2. The topological polar surface area (TPSA) is 72.2 Å². The highest BCUT2D eigenvalue weighted by molar-refractivity contribution is 6.03. The van der Waals surface area contributed by atoms with E-state index >= 15 is 0 Å². The van der Waals surface area contributed by atoms with Crippen LogP contribution in [0.1, 0.15) is 22.3 Å². The summed E-state index contributed by atoms with van der Waals surface area (Å²) in [5.41, 5.74) is 2.69. The lowest BCUT2D eigenvalue weighted by molar-refractivity contribution is -0.143. The van der Waals surface area contributed by atoms with Crippen LogP contribution in [0.25, 0.3) is 21.5 Å². The van der Waals surface area contributed by atoms with Gasteiger partial charge in [0.05, 0.1) is 17.5 Å². The predicted molar refractivity (Wildman–Crippen MR) is 126 cm³/mol. The lowest BCUT2D eigenvalue weighted by Crippen LogP contribution is -2.46. The van der Waals surface area contributed by atoms with Crippen LogP contribution in [0.2, 0.25) is 0 Å². The number of hydrogen-bond acceptors (Lipinski definition) is 2. The molecule has 0 unspecified atom stereocenters. The van der Waals surface area contributed by atoms with E-state index in [1.807, 2.05) is 54.6 Å². The van der Waals surface area contributed by atoms with Crippen molar-refractivity contribution in [2.45, 2.75) is 31.2 Å². The summed E-state index contributed by atoms with van der Waals surface area (Å²) in [5, 5.41) is 5.78. The molecule has 192 valence electrons. The smallest absolute Gasteiger partial charge is 0.368 e. The predicted octanol–water partition coefficient (Wildman–Crippen LogP) is 5.79. The van der Waals surface area contributed by atoms with E-state index in [1.54, 1.807) is 0 Å². The van der Waals surface area contributed by atoms with E-state index in [0.29, 0.717) is 12.1 Å². The number of carbonyl (C=O) groups is 2. The van der Waals surface area contributed by atoms with Gasteiger partial charge in [-0.25, -0.2) is 0 Å². The maximum Gasteiger partial charge on any atom is 0.416 e. The molecule has 37 heavy (non-hydrogen) atoms. The second-order valence-electron chi connectivity index (χ2n) is 8.61. The number of primary amides is 1. The summed E-state index contributed by atoms with van der Waals surface area (Å²) < 4.78 is 78.9. The van der Waals surface area contributed by atoms with Crippen molar-refractivity contribution in [3.63, 3.8) is 0 Å². The summed E-state index contributed by atoms with van der Waals surface area (Å²) >= 11 is 0. The number of hydrogen-bond donors (Lipinski definition) is 2. The summed E-state index contributed by atoms with van der Waals surface area (Å²) in [6, 6.07) is 16.4. The zero-order chi connectivity index (χ0) is 27.0. The van der Waals surface area contributed by atoms with Gasteiger partial charge < -0.3 is 11.1 Å². The number of fused-ring (bicyclic) bond motifs is 2. The van der Waals surface area contributed by atoms with Gasteiger partial charge in [0.2, 0.25) is 11.8 Å². The van der Waals surface area contributed by atoms with Crippen molar-refractivity contribution in [2.75, 3.05) is 0 Å².